The highest BCUT2D eigenvalue weighted by atomic mass is 16.1. The van der Waals surface area contributed by atoms with Crippen LogP contribution >= 0.6 is 0 Å². The lowest BCUT2D eigenvalue weighted by molar-refractivity contribution is -0.118. The molecule has 0 aliphatic heterocycles. The van der Waals surface area contributed by atoms with Gasteiger partial charge in [0, 0.05) is 19.2 Å². The average Bonchev–Trinajstić information content (AvgIpc) is 2.54. The smallest absolute Gasteiger partial charge is 0.217 e. The van der Waals surface area contributed by atoms with Crippen molar-refractivity contribution in [3.63, 3.8) is 0 Å². The summed E-state index contributed by atoms with van der Waals surface area (Å²) < 4.78 is 1.80. The van der Waals surface area contributed by atoms with Crippen molar-refractivity contribution in [2.45, 2.75) is 26.3 Å². The van der Waals surface area contributed by atoms with Gasteiger partial charge in [0.05, 0.1) is 0 Å². The van der Waals surface area contributed by atoms with Gasteiger partial charge < -0.3 is 11.5 Å². The number of nitrogens with two attached hydrogens (primary N) is 2. The molecule has 2 aromatic rings. The zero-order valence-corrected chi connectivity index (χ0v) is 9.68. The van der Waals surface area contributed by atoms with Gasteiger partial charge in [-0.2, -0.15) is 0 Å². The zero-order chi connectivity index (χ0) is 12.4. The number of nitrogen functional groups attached to an aromatic ring is 1. The lowest BCUT2D eigenvalue weighted by Crippen LogP contribution is -2.12. The third-order valence-electron chi connectivity index (χ3n) is 2.56. The number of aromatic nitrogens is 3. The summed E-state index contributed by atoms with van der Waals surface area (Å²) >= 11 is 0. The Balaban J connectivity index is 2.27. The zero-order valence-electron chi connectivity index (χ0n) is 9.68. The van der Waals surface area contributed by atoms with Gasteiger partial charge >= 0.3 is 0 Å². The number of aryl methyl sites for hydroxylation is 2. The second-order valence-electron chi connectivity index (χ2n) is 4.05. The molecule has 2 aromatic heterocycles. The van der Waals surface area contributed by atoms with Gasteiger partial charge in [-0.25, -0.2) is 9.97 Å². The number of nitrogens with zero attached hydrogens (tertiary/aromatic N) is 3. The first-order valence-corrected chi connectivity index (χ1v) is 5.44. The summed E-state index contributed by atoms with van der Waals surface area (Å²) in [5.74, 6) is 0.111. The number of hydrogen-bond acceptors (Lipinski definition) is 4. The summed E-state index contributed by atoms with van der Waals surface area (Å²) in [6, 6.07) is 1.93. The van der Waals surface area contributed by atoms with Crippen LogP contribution in [0.2, 0.25) is 0 Å². The van der Waals surface area contributed by atoms with Crippen LogP contribution < -0.4 is 11.5 Å². The summed E-state index contributed by atoms with van der Waals surface area (Å²) in [6.45, 7) is 2.55. The van der Waals surface area contributed by atoms with Crippen LogP contribution in [0.1, 0.15) is 18.4 Å². The van der Waals surface area contributed by atoms with Crippen LogP contribution in [0.5, 0.6) is 0 Å². The Hall–Kier alpha value is -2.11. The van der Waals surface area contributed by atoms with Crippen molar-refractivity contribution >= 4 is 23.0 Å². The standard InChI is InChI=1S/C11H15N5O/c1-7-5-8-10(14-6-7)16(11(13)15-8)4-2-3-9(12)17/h5-6H,2-4H2,1H3,(H2,12,17)(H2,13,15). The minimum atomic E-state index is -0.309. The van der Waals surface area contributed by atoms with Crippen molar-refractivity contribution in [3.8, 4) is 0 Å². The third-order valence-corrected chi connectivity index (χ3v) is 2.56. The molecule has 0 saturated heterocycles. The first kappa shape index (κ1) is 11.4. The number of hydrogen-bond donors (Lipinski definition) is 2. The summed E-state index contributed by atoms with van der Waals surface area (Å²) in [4.78, 5) is 19.2. The van der Waals surface area contributed by atoms with Crippen LogP contribution in [-0.2, 0) is 11.3 Å². The molecule has 90 valence electrons. The Morgan fingerprint density at radius 2 is 2.29 bits per heavy atom. The van der Waals surface area contributed by atoms with Crippen molar-refractivity contribution < 1.29 is 4.79 Å². The van der Waals surface area contributed by atoms with E-state index in [0.29, 0.717) is 25.3 Å². The number of carbonyl (C=O) groups is 1. The van der Waals surface area contributed by atoms with Gasteiger partial charge in [-0.05, 0) is 25.0 Å². The number of fused-ring (bicyclic) bond motifs is 1. The molecule has 1 amide bonds. The highest BCUT2D eigenvalue weighted by Crippen LogP contribution is 2.17. The van der Waals surface area contributed by atoms with E-state index in [2.05, 4.69) is 9.97 Å². The third kappa shape index (κ3) is 2.35. The molecule has 0 aliphatic carbocycles. The van der Waals surface area contributed by atoms with E-state index in [9.17, 15) is 4.79 Å². The molecule has 0 atom stereocenters. The lowest BCUT2D eigenvalue weighted by Gasteiger charge is -2.04. The predicted molar refractivity (Wildman–Crippen MR) is 65.1 cm³/mol. The summed E-state index contributed by atoms with van der Waals surface area (Å²) in [5, 5.41) is 0. The minimum absolute atomic E-state index is 0.309. The van der Waals surface area contributed by atoms with E-state index in [1.807, 2.05) is 13.0 Å². The molecule has 6 nitrogen and oxygen atoms in total. The van der Waals surface area contributed by atoms with Crippen molar-refractivity contribution in [2.75, 3.05) is 5.73 Å². The molecule has 0 bridgehead atoms. The SMILES string of the molecule is Cc1cnc2c(c1)nc(N)n2CCCC(N)=O. The monoisotopic (exact) mass is 233 g/mol. The molecule has 2 heterocycles. The maximum Gasteiger partial charge on any atom is 0.217 e. The Morgan fingerprint density at radius 1 is 1.53 bits per heavy atom. The van der Waals surface area contributed by atoms with Crippen LogP contribution in [0.3, 0.4) is 0 Å². The van der Waals surface area contributed by atoms with Gasteiger partial charge in [-0.15, -0.1) is 0 Å². The number of rotatable bonds is 4. The van der Waals surface area contributed by atoms with Crippen LogP contribution in [0.4, 0.5) is 5.95 Å². The quantitative estimate of drug-likeness (QED) is 0.807. The Bertz CT molecular complexity index is 560. The number of carbonyl (C=O) groups excluding carboxylic acids is 1. The van der Waals surface area contributed by atoms with Crippen molar-refractivity contribution in [3.05, 3.63) is 17.8 Å². The van der Waals surface area contributed by atoms with Crippen molar-refractivity contribution in [1.82, 2.24) is 14.5 Å². The van der Waals surface area contributed by atoms with Crippen LogP contribution in [0.15, 0.2) is 12.3 Å². The largest absolute Gasteiger partial charge is 0.370 e. The normalized spacial score (nSPS) is 10.9. The van der Waals surface area contributed by atoms with Crippen LogP contribution in [-0.4, -0.2) is 20.4 Å². The molecule has 6 heteroatoms. The first-order chi connectivity index (χ1) is 8.08. The lowest BCUT2D eigenvalue weighted by atomic mass is 10.3. The average molecular weight is 233 g/mol. The van der Waals surface area contributed by atoms with Gasteiger partial charge in [-0.1, -0.05) is 0 Å². The fourth-order valence-electron chi connectivity index (χ4n) is 1.76. The van der Waals surface area contributed by atoms with Crippen LogP contribution in [0.25, 0.3) is 11.2 Å². The van der Waals surface area contributed by atoms with Crippen molar-refractivity contribution in [1.29, 1.82) is 0 Å². The maximum absolute atomic E-state index is 10.7. The van der Waals surface area contributed by atoms with E-state index < -0.39 is 0 Å². The molecular weight excluding hydrogens is 218 g/mol. The van der Waals surface area contributed by atoms with Crippen LogP contribution in [0, 0.1) is 6.92 Å². The van der Waals surface area contributed by atoms with E-state index in [0.717, 1.165) is 16.7 Å². The second-order valence-corrected chi connectivity index (χ2v) is 4.05. The molecule has 0 spiro atoms. The molecule has 0 fully saturated rings. The van der Waals surface area contributed by atoms with E-state index in [-0.39, 0.29) is 5.91 Å². The highest BCUT2D eigenvalue weighted by Gasteiger charge is 2.09. The van der Waals surface area contributed by atoms with E-state index in [1.165, 1.54) is 0 Å². The molecule has 2 rings (SSSR count). The summed E-state index contributed by atoms with van der Waals surface area (Å²) in [7, 11) is 0. The van der Waals surface area contributed by atoms with E-state index in [1.54, 1.807) is 10.8 Å². The van der Waals surface area contributed by atoms with Gasteiger partial charge in [0.1, 0.15) is 5.52 Å². The topological polar surface area (TPSA) is 99.8 Å². The number of amides is 1. The number of anilines is 1. The van der Waals surface area contributed by atoms with Gasteiger partial charge in [-0.3, -0.25) is 9.36 Å². The van der Waals surface area contributed by atoms with Gasteiger partial charge in [0.2, 0.25) is 11.9 Å². The van der Waals surface area contributed by atoms with Gasteiger partial charge in [0.25, 0.3) is 0 Å². The maximum atomic E-state index is 10.7. The molecule has 0 unspecified atom stereocenters. The van der Waals surface area contributed by atoms with E-state index in [4.69, 9.17) is 11.5 Å². The minimum Gasteiger partial charge on any atom is -0.370 e. The summed E-state index contributed by atoms with van der Waals surface area (Å²) in [5.41, 5.74) is 13.5. The highest BCUT2D eigenvalue weighted by molar-refractivity contribution is 5.75. The number of primary amides is 1. The number of imidazole rings is 1. The molecule has 0 aliphatic rings. The molecule has 17 heavy (non-hydrogen) atoms. The first-order valence-electron chi connectivity index (χ1n) is 5.44. The fraction of sp³-hybridized carbons (Fsp3) is 0.364. The Labute approximate surface area is 98.6 Å². The van der Waals surface area contributed by atoms with E-state index >= 15 is 0 Å². The van der Waals surface area contributed by atoms with Gasteiger partial charge in [0.15, 0.2) is 5.65 Å². The fourth-order valence-corrected chi connectivity index (χ4v) is 1.76. The Kier molecular flexibility index (Phi) is 2.95. The molecule has 0 radical (unpaired) electrons. The predicted octanol–water partition coefficient (Wildman–Crippen LogP) is 0.587. The molecule has 4 N–H and O–H groups in total. The molecule has 0 aromatic carbocycles. The molecular formula is C11H15N5O. The summed E-state index contributed by atoms with van der Waals surface area (Å²) in [6.07, 6.45) is 2.75. The molecule has 0 saturated carbocycles. The number of pyridine rings is 1. The second kappa shape index (κ2) is 4.40. The van der Waals surface area contributed by atoms with Crippen molar-refractivity contribution in [2.24, 2.45) is 5.73 Å². The Morgan fingerprint density at radius 3 is 3.00 bits per heavy atom.